The second-order valence-corrected chi connectivity index (χ2v) is 3.90. The molecule has 4 nitrogen and oxygen atoms in total. The lowest BCUT2D eigenvalue weighted by Crippen LogP contribution is -2.43. The van der Waals surface area contributed by atoms with E-state index in [4.69, 9.17) is 10.5 Å². The lowest BCUT2D eigenvalue weighted by molar-refractivity contribution is -0.000716. The van der Waals surface area contributed by atoms with E-state index in [0.29, 0.717) is 6.04 Å². The summed E-state index contributed by atoms with van der Waals surface area (Å²) in [5.74, 6) is 0. The predicted octanol–water partition coefficient (Wildman–Crippen LogP) is -0.137. The van der Waals surface area contributed by atoms with Crippen molar-refractivity contribution < 1.29 is 9.84 Å². The number of likely N-dealkylation sites (tertiary alicyclic amines) is 1. The molecule has 2 rings (SSSR count). The predicted molar refractivity (Wildman–Crippen MR) is 48.9 cm³/mol. The van der Waals surface area contributed by atoms with Crippen molar-refractivity contribution in [3.63, 3.8) is 0 Å². The highest BCUT2D eigenvalue weighted by Crippen LogP contribution is 2.30. The van der Waals surface area contributed by atoms with E-state index >= 15 is 0 Å². The highest BCUT2D eigenvalue weighted by atomic mass is 16.6. The van der Waals surface area contributed by atoms with Crippen LogP contribution in [-0.4, -0.2) is 41.2 Å². The zero-order valence-corrected chi connectivity index (χ0v) is 8.02. The number of aliphatic hydroxyl groups is 1. The SMILES string of the molecule is CC[C@@H](C1O[C@H]1N)N1CCCC1O. The topological polar surface area (TPSA) is 62.0 Å². The maximum absolute atomic E-state index is 9.68. The van der Waals surface area contributed by atoms with Crippen molar-refractivity contribution in [3.05, 3.63) is 0 Å². The summed E-state index contributed by atoms with van der Waals surface area (Å²) in [6, 6.07) is 0.312. The molecular weight excluding hydrogens is 168 g/mol. The maximum atomic E-state index is 9.68. The van der Waals surface area contributed by atoms with Gasteiger partial charge in [0.15, 0.2) is 0 Å². The van der Waals surface area contributed by atoms with Gasteiger partial charge in [0, 0.05) is 12.6 Å². The standard InChI is InChI=1S/C9H18N2O2/c1-2-6(8-9(10)13-8)11-5-3-4-7(11)12/h6-9,12H,2-5,10H2,1H3/t6-,7?,8?,9+/m0/s1. The largest absolute Gasteiger partial charge is 0.378 e. The van der Waals surface area contributed by atoms with Gasteiger partial charge in [-0.15, -0.1) is 0 Å². The summed E-state index contributed by atoms with van der Waals surface area (Å²) in [6.07, 6.45) is 2.74. The average molecular weight is 186 g/mol. The van der Waals surface area contributed by atoms with E-state index in [1.54, 1.807) is 0 Å². The average Bonchev–Trinajstić information content (AvgIpc) is 2.65. The Morgan fingerprint density at radius 1 is 1.69 bits per heavy atom. The molecule has 0 saturated carbocycles. The van der Waals surface area contributed by atoms with Gasteiger partial charge >= 0.3 is 0 Å². The number of epoxide rings is 1. The summed E-state index contributed by atoms with van der Waals surface area (Å²) in [4.78, 5) is 2.12. The molecule has 4 atom stereocenters. The first-order chi connectivity index (χ1) is 6.24. The third-order valence-electron chi connectivity index (χ3n) is 3.05. The van der Waals surface area contributed by atoms with Crippen LogP contribution in [0.25, 0.3) is 0 Å². The first-order valence-corrected chi connectivity index (χ1v) is 5.09. The molecule has 2 fully saturated rings. The van der Waals surface area contributed by atoms with Crippen molar-refractivity contribution in [1.29, 1.82) is 0 Å². The van der Waals surface area contributed by atoms with Crippen LogP contribution in [0.4, 0.5) is 0 Å². The minimum Gasteiger partial charge on any atom is -0.378 e. The number of nitrogens with zero attached hydrogens (tertiary/aromatic N) is 1. The van der Waals surface area contributed by atoms with E-state index < -0.39 is 0 Å². The molecule has 0 amide bonds. The summed E-state index contributed by atoms with van der Waals surface area (Å²) in [6.45, 7) is 3.09. The van der Waals surface area contributed by atoms with Crippen molar-refractivity contribution in [2.24, 2.45) is 5.73 Å². The number of hydrogen-bond donors (Lipinski definition) is 2. The van der Waals surface area contributed by atoms with Crippen LogP contribution in [0.15, 0.2) is 0 Å². The van der Waals surface area contributed by atoms with Gasteiger partial charge in [-0.1, -0.05) is 6.92 Å². The van der Waals surface area contributed by atoms with Gasteiger partial charge in [-0.25, -0.2) is 0 Å². The van der Waals surface area contributed by atoms with Gasteiger partial charge in [-0.3, -0.25) is 4.90 Å². The van der Waals surface area contributed by atoms with Crippen LogP contribution < -0.4 is 5.73 Å². The van der Waals surface area contributed by atoms with Crippen LogP contribution in [0.1, 0.15) is 26.2 Å². The Morgan fingerprint density at radius 2 is 2.38 bits per heavy atom. The zero-order chi connectivity index (χ0) is 9.42. The van der Waals surface area contributed by atoms with E-state index in [9.17, 15) is 5.11 Å². The Balaban J connectivity index is 1.95. The highest BCUT2D eigenvalue weighted by molar-refractivity contribution is 4.94. The van der Waals surface area contributed by atoms with Crippen LogP contribution in [0.3, 0.4) is 0 Å². The molecule has 4 heteroatoms. The number of hydrogen-bond acceptors (Lipinski definition) is 4. The van der Waals surface area contributed by atoms with Gasteiger partial charge in [-0.2, -0.15) is 0 Å². The third-order valence-corrected chi connectivity index (χ3v) is 3.05. The maximum Gasteiger partial charge on any atom is 0.134 e. The zero-order valence-electron chi connectivity index (χ0n) is 8.02. The molecule has 76 valence electrons. The van der Waals surface area contributed by atoms with Crippen molar-refractivity contribution >= 4 is 0 Å². The van der Waals surface area contributed by atoms with E-state index in [1.807, 2.05) is 0 Å². The molecule has 2 heterocycles. The Kier molecular flexibility index (Phi) is 2.55. The lowest BCUT2D eigenvalue weighted by Gasteiger charge is -2.28. The fourth-order valence-corrected chi connectivity index (χ4v) is 2.26. The minimum absolute atomic E-state index is 0.0993. The smallest absolute Gasteiger partial charge is 0.134 e. The molecule has 0 bridgehead atoms. The Bertz CT molecular complexity index is 188. The van der Waals surface area contributed by atoms with Gasteiger partial charge in [0.2, 0.25) is 0 Å². The van der Waals surface area contributed by atoms with Gasteiger partial charge in [0.25, 0.3) is 0 Å². The monoisotopic (exact) mass is 186 g/mol. The quantitative estimate of drug-likeness (QED) is 0.602. The van der Waals surface area contributed by atoms with Crippen molar-refractivity contribution in [2.45, 2.75) is 50.8 Å². The molecule has 0 aromatic rings. The summed E-state index contributed by atoms with van der Waals surface area (Å²) < 4.78 is 5.26. The molecule has 2 aliphatic rings. The van der Waals surface area contributed by atoms with Crippen molar-refractivity contribution in [1.82, 2.24) is 4.90 Å². The molecule has 2 aliphatic heterocycles. The second kappa shape index (κ2) is 3.53. The third kappa shape index (κ3) is 1.72. The highest BCUT2D eigenvalue weighted by Gasteiger charge is 2.46. The molecule has 2 saturated heterocycles. The Hall–Kier alpha value is -0.160. The van der Waals surface area contributed by atoms with E-state index in [0.717, 1.165) is 25.8 Å². The number of aliphatic hydroxyl groups excluding tert-OH is 1. The number of nitrogens with two attached hydrogens (primary N) is 1. The molecule has 13 heavy (non-hydrogen) atoms. The van der Waals surface area contributed by atoms with E-state index in [-0.39, 0.29) is 18.6 Å². The van der Waals surface area contributed by atoms with Gasteiger partial charge < -0.3 is 15.6 Å². The number of rotatable bonds is 3. The first kappa shape index (κ1) is 9.40. The molecule has 0 spiro atoms. The van der Waals surface area contributed by atoms with Crippen LogP contribution in [0.2, 0.25) is 0 Å². The Labute approximate surface area is 78.7 Å². The molecule has 0 aromatic carbocycles. The number of ether oxygens (including phenoxy) is 1. The minimum atomic E-state index is -0.277. The van der Waals surface area contributed by atoms with Crippen LogP contribution >= 0.6 is 0 Å². The lowest BCUT2D eigenvalue weighted by atomic mass is 10.1. The summed E-state index contributed by atoms with van der Waals surface area (Å²) in [5.41, 5.74) is 5.63. The second-order valence-electron chi connectivity index (χ2n) is 3.90. The normalized spacial score (nSPS) is 42.2. The Morgan fingerprint density at radius 3 is 2.77 bits per heavy atom. The van der Waals surface area contributed by atoms with Crippen molar-refractivity contribution in [2.75, 3.05) is 6.54 Å². The first-order valence-electron chi connectivity index (χ1n) is 5.09. The van der Waals surface area contributed by atoms with E-state index in [1.165, 1.54) is 0 Å². The molecule has 2 unspecified atom stereocenters. The fourth-order valence-electron chi connectivity index (χ4n) is 2.26. The molecule has 0 aromatic heterocycles. The summed E-state index contributed by atoms with van der Waals surface area (Å²) in [5, 5.41) is 9.68. The van der Waals surface area contributed by atoms with Gasteiger partial charge in [-0.05, 0) is 19.3 Å². The molecule has 0 aliphatic carbocycles. The van der Waals surface area contributed by atoms with Crippen LogP contribution in [-0.2, 0) is 4.74 Å². The molecule has 0 radical (unpaired) electrons. The summed E-state index contributed by atoms with van der Waals surface area (Å²) in [7, 11) is 0. The summed E-state index contributed by atoms with van der Waals surface area (Å²) >= 11 is 0. The van der Waals surface area contributed by atoms with Gasteiger partial charge in [0.05, 0.1) is 0 Å². The molecule has 3 N–H and O–H groups in total. The van der Waals surface area contributed by atoms with Gasteiger partial charge in [0.1, 0.15) is 18.6 Å². The fraction of sp³-hybridized carbons (Fsp3) is 1.00. The van der Waals surface area contributed by atoms with Crippen LogP contribution in [0, 0.1) is 0 Å². The molecular formula is C9H18N2O2. The van der Waals surface area contributed by atoms with Crippen molar-refractivity contribution in [3.8, 4) is 0 Å². The van der Waals surface area contributed by atoms with E-state index in [2.05, 4.69) is 11.8 Å². The van der Waals surface area contributed by atoms with Crippen LogP contribution in [0.5, 0.6) is 0 Å².